The number of aryl methyl sites for hydroxylation is 1. The van der Waals surface area contributed by atoms with Crippen LogP contribution in [-0.4, -0.2) is 15.5 Å². The van der Waals surface area contributed by atoms with Crippen LogP contribution in [0.15, 0.2) is 0 Å². The lowest BCUT2D eigenvalue weighted by molar-refractivity contribution is 0.220. The molecule has 0 saturated heterocycles. The molecule has 0 saturated carbocycles. The molecule has 2 nitrogen and oxygen atoms in total. The van der Waals surface area contributed by atoms with Crippen LogP contribution in [0.1, 0.15) is 50.9 Å². The number of hydrogen-bond acceptors (Lipinski definition) is 2. The molecule has 0 amide bonds. The Bertz CT molecular complexity index is 381. The summed E-state index contributed by atoms with van der Waals surface area (Å²) in [6.07, 6.45) is 4.77. The van der Waals surface area contributed by atoms with Gasteiger partial charge in [0.1, 0.15) is 0 Å². The van der Waals surface area contributed by atoms with Crippen LogP contribution in [0.5, 0.6) is 0 Å². The van der Waals surface area contributed by atoms with Gasteiger partial charge >= 0.3 is 0 Å². The van der Waals surface area contributed by atoms with E-state index in [9.17, 15) is 0 Å². The molecule has 104 valence electrons. The second-order valence-corrected chi connectivity index (χ2v) is 5.99. The molecule has 4 heteroatoms. The van der Waals surface area contributed by atoms with E-state index in [0.717, 1.165) is 28.7 Å². The summed E-state index contributed by atoms with van der Waals surface area (Å²) in [7, 11) is 0. The molecule has 0 aliphatic heterocycles. The van der Waals surface area contributed by atoms with E-state index in [-0.39, 0.29) is 5.41 Å². The third-order valence-corrected chi connectivity index (χ3v) is 4.89. The normalized spacial score (nSPS) is 12.1. The molecule has 0 spiro atoms. The largest absolute Gasteiger partial charge is 0.267 e. The highest BCUT2D eigenvalue weighted by atomic mass is 35.5. The molecule has 1 aromatic rings. The van der Waals surface area contributed by atoms with E-state index in [0.29, 0.717) is 0 Å². The number of nitrogens with zero attached hydrogens (tertiary/aromatic N) is 2. The van der Waals surface area contributed by atoms with E-state index in [1.54, 1.807) is 0 Å². The van der Waals surface area contributed by atoms with Crippen molar-refractivity contribution < 1.29 is 0 Å². The minimum atomic E-state index is 0.249. The third-order valence-electron chi connectivity index (χ3n) is 3.67. The van der Waals surface area contributed by atoms with Crippen molar-refractivity contribution in [3.63, 3.8) is 0 Å². The summed E-state index contributed by atoms with van der Waals surface area (Å²) in [6, 6.07) is 0. The summed E-state index contributed by atoms with van der Waals surface area (Å²) in [5.74, 6) is 0.907. The quantitative estimate of drug-likeness (QED) is 0.722. The first kappa shape index (κ1) is 15.9. The topological polar surface area (TPSA) is 17.8 Å². The number of hydrogen-bond donors (Lipinski definition) is 1. The summed E-state index contributed by atoms with van der Waals surface area (Å²) in [4.78, 5) is 0. The molecule has 0 unspecified atom stereocenters. The molecule has 0 aliphatic carbocycles. The molecule has 0 aromatic carbocycles. The molecule has 0 atom stereocenters. The lowest BCUT2D eigenvalue weighted by Gasteiger charge is -2.32. The summed E-state index contributed by atoms with van der Waals surface area (Å²) >= 11 is 10.8. The lowest BCUT2D eigenvalue weighted by Crippen LogP contribution is -2.30. The van der Waals surface area contributed by atoms with Gasteiger partial charge in [0.05, 0.1) is 16.4 Å². The van der Waals surface area contributed by atoms with E-state index in [4.69, 9.17) is 11.6 Å². The maximum absolute atomic E-state index is 6.22. The van der Waals surface area contributed by atoms with Gasteiger partial charge in [-0.25, -0.2) is 0 Å². The SMILES string of the molecule is CCCC(CS)(CCC)Cn1nc(C)c(Cl)c1C. The average Bonchev–Trinajstić information content (AvgIpc) is 2.57. The van der Waals surface area contributed by atoms with Gasteiger partial charge in [-0.2, -0.15) is 17.7 Å². The summed E-state index contributed by atoms with van der Waals surface area (Å²) in [5, 5.41) is 5.36. The number of aromatic nitrogens is 2. The lowest BCUT2D eigenvalue weighted by atomic mass is 9.81. The van der Waals surface area contributed by atoms with Crippen LogP contribution in [-0.2, 0) is 6.54 Å². The van der Waals surface area contributed by atoms with Gasteiger partial charge in [0, 0.05) is 6.54 Å². The second-order valence-electron chi connectivity index (χ2n) is 5.30. The Morgan fingerprint density at radius 3 is 2.11 bits per heavy atom. The van der Waals surface area contributed by atoms with Crippen molar-refractivity contribution in [2.45, 2.75) is 59.9 Å². The highest BCUT2D eigenvalue weighted by Crippen LogP contribution is 2.34. The monoisotopic (exact) mass is 288 g/mol. The van der Waals surface area contributed by atoms with E-state index in [2.05, 4.69) is 36.3 Å². The molecule has 0 N–H and O–H groups in total. The zero-order chi connectivity index (χ0) is 13.8. The predicted octanol–water partition coefficient (Wildman–Crippen LogP) is 4.67. The Kier molecular flexibility index (Phi) is 6.06. The van der Waals surface area contributed by atoms with Gasteiger partial charge in [-0.1, -0.05) is 38.3 Å². The van der Waals surface area contributed by atoms with Crippen molar-refractivity contribution in [1.82, 2.24) is 9.78 Å². The van der Waals surface area contributed by atoms with Crippen molar-refractivity contribution in [1.29, 1.82) is 0 Å². The zero-order valence-corrected chi connectivity index (χ0v) is 13.6. The highest BCUT2D eigenvalue weighted by Gasteiger charge is 2.28. The number of thiol groups is 1. The standard InChI is InChI=1S/C14H25ClN2S/c1-5-7-14(10-18,8-6-2)9-17-12(4)13(15)11(3)16-17/h18H,5-10H2,1-4H3. The third kappa shape index (κ3) is 3.45. The van der Waals surface area contributed by atoms with Gasteiger partial charge in [0.15, 0.2) is 0 Å². The van der Waals surface area contributed by atoms with Gasteiger partial charge in [-0.3, -0.25) is 4.68 Å². The minimum Gasteiger partial charge on any atom is -0.267 e. The van der Waals surface area contributed by atoms with Crippen LogP contribution in [0.25, 0.3) is 0 Å². The molecule has 18 heavy (non-hydrogen) atoms. The van der Waals surface area contributed by atoms with Crippen LogP contribution < -0.4 is 0 Å². The van der Waals surface area contributed by atoms with Crippen molar-refractivity contribution in [3.05, 3.63) is 16.4 Å². The Labute approximate surface area is 122 Å². The van der Waals surface area contributed by atoms with Crippen LogP contribution in [0.3, 0.4) is 0 Å². The first-order chi connectivity index (χ1) is 8.49. The average molecular weight is 289 g/mol. The van der Waals surface area contributed by atoms with Gasteiger partial charge in [-0.05, 0) is 37.9 Å². The van der Waals surface area contributed by atoms with Crippen molar-refractivity contribution >= 4 is 24.2 Å². The highest BCUT2D eigenvalue weighted by molar-refractivity contribution is 7.80. The molecular formula is C14H25ClN2S. The smallest absolute Gasteiger partial charge is 0.0844 e. The van der Waals surface area contributed by atoms with Gasteiger partial charge in [0.25, 0.3) is 0 Å². The molecule has 1 aromatic heterocycles. The molecule has 1 heterocycles. The molecule has 0 bridgehead atoms. The first-order valence-electron chi connectivity index (χ1n) is 6.80. The number of rotatable bonds is 7. The van der Waals surface area contributed by atoms with Gasteiger partial charge < -0.3 is 0 Å². The fourth-order valence-electron chi connectivity index (χ4n) is 2.70. The Morgan fingerprint density at radius 2 is 1.78 bits per heavy atom. The maximum atomic E-state index is 6.22. The van der Waals surface area contributed by atoms with Gasteiger partial charge in [-0.15, -0.1) is 0 Å². The molecule has 1 rings (SSSR count). The summed E-state index contributed by atoms with van der Waals surface area (Å²) in [5.41, 5.74) is 2.25. The maximum Gasteiger partial charge on any atom is 0.0844 e. The van der Waals surface area contributed by atoms with E-state index in [1.165, 1.54) is 25.7 Å². The number of halogens is 1. The second kappa shape index (κ2) is 6.85. The molecule has 0 fully saturated rings. The van der Waals surface area contributed by atoms with Gasteiger partial charge in [0.2, 0.25) is 0 Å². The van der Waals surface area contributed by atoms with Crippen LogP contribution >= 0.6 is 24.2 Å². The van der Waals surface area contributed by atoms with Crippen molar-refractivity contribution in [3.8, 4) is 0 Å². The summed E-state index contributed by atoms with van der Waals surface area (Å²) < 4.78 is 2.07. The minimum absolute atomic E-state index is 0.249. The Hall–Kier alpha value is -0.150. The fraction of sp³-hybridized carbons (Fsp3) is 0.786. The van der Waals surface area contributed by atoms with E-state index >= 15 is 0 Å². The van der Waals surface area contributed by atoms with Crippen LogP contribution in [0.4, 0.5) is 0 Å². The molecular weight excluding hydrogens is 264 g/mol. The van der Waals surface area contributed by atoms with Crippen LogP contribution in [0, 0.1) is 19.3 Å². The Balaban J connectivity index is 2.98. The summed E-state index contributed by atoms with van der Waals surface area (Å²) in [6.45, 7) is 9.42. The predicted molar refractivity (Wildman–Crippen MR) is 82.8 cm³/mol. The molecule has 0 aliphatic rings. The molecule has 0 radical (unpaired) electrons. The Morgan fingerprint density at radius 1 is 1.22 bits per heavy atom. The zero-order valence-electron chi connectivity index (χ0n) is 12.0. The fourth-order valence-corrected chi connectivity index (χ4v) is 3.25. The first-order valence-corrected chi connectivity index (χ1v) is 7.81. The van der Waals surface area contributed by atoms with Crippen LogP contribution in [0.2, 0.25) is 5.02 Å². The van der Waals surface area contributed by atoms with E-state index < -0.39 is 0 Å². The van der Waals surface area contributed by atoms with E-state index in [1.807, 2.05) is 13.8 Å². The van der Waals surface area contributed by atoms with Crippen molar-refractivity contribution in [2.75, 3.05) is 5.75 Å². The van der Waals surface area contributed by atoms with Crippen molar-refractivity contribution in [2.24, 2.45) is 5.41 Å².